The number of fused-ring (bicyclic) bond motifs is 27. The molecule has 2 heterocycles. The predicted octanol–water partition coefficient (Wildman–Crippen LogP) is 24.0. The van der Waals surface area contributed by atoms with Crippen molar-refractivity contribution in [3.63, 3.8) is 0 Å². The van der Waals surface area contributed by atoms with E-state index in [0.29, 0.717) is 101 Å². The lowest BCUT2D eigenvalue weighted by Crippen LogP contribution is -2.52. The number of carbonyl (C=O) groups is 3. The highest BCUT2D eigenvalue weighted by atomic mass is 128. The molecule has 0 amide bonds. The van der Waals surface area contributed by atoms with E-state index in [1.54, 1.807) is 22.3 Å². The van der Waals surface area contributed by atoms with Gasteiger partial charge in [0, 0.05) is 84.1 Å². The van der Waals surface area contributed by atoms with E-state index in [0.717, 1.165) is 114 Å². The average Bonchev–Trinajstić information content (AvgIpc) is 1.55. The van der Waals surface area contributed by atoms with E-state index >= 15 is 0 Å². The SMILES string of the molecule is C.C.C.C.CC(=O)O[C@H]1[C@H](O)[C@H](O)C2C3CCc4cc(C)ccc4C3CC[C@@]21C.C[C@]12CCC3c4ccc(O)cc4CCC3C1C=CC21OCCO1.C[C@]12CCC3c4ccc(O)cc4CCC3C1CCC2=O.Cc1ccc2c(c1)CCC1C2CC[C@@]2(C)C1CCC21OCCO1.Cc1ccc2c(c1)CCC1C2CC[C@]2(C)C(=O)C=CC12.I.II. The maximum absolute atomic E-state index is 12.3. The van der Waals surface area contributed by atoms with Gasteiger partial charge in [0.05, 0.1) is 32.5 Å². The molecule has 5 aromatic rings. The van der Waals surface area contributed by atoms with Crippen LogP contribution in [0, 0.1) is 107 Å². The Morgan fingerprint density at radius 3 is 1.37 bits per heavy atom. The van der Waals surface area contributed by atoms with Gasteiger partial charge in [-0.05, 0) is 343 Å². The Morgan fingerprint density at radius 1 is 0.441 bits per heavy atom. The Labute approximate surface area is 748 Å². The number of hydrogen-bond donors (Lipinski definition) is 4. The monoisotopic (exact) mass is 1950 g/mol. The summed E-state index contributed by atoms with van der Waals surface area (Å²) < 4.78 is 30.1. The maximum atomic E-state index is 12.3. The molecular formula is C103H141I3O12. The zero-order chi connectivity index (χ0) is 79.1. The van der Waals surface area contributed by atoms with Gasteiger partial charge in [0.1, 0.15) is 29.5 Å². The van der Waals surface area contributed by atoms with Gasteiger partial charge in [-0.3, -0.25) is 14.4 Å². The largest absolute Gasteiger partial charge is 0.508 e. The van der Waals surface area contributed by atoms with Crippen molar-refractivity contribution in [3.05, 3.63) is 188 Å². The molecule has 2 spiro atoms. The third-order valence-electron chi connectivity index (χ3n) is 34.4. The van der Waals surface area contributed by atoms with Crippen molar-refractivity contribution < 1.29 is 58.5 Å². The number of benzene rings is 5. The first-order valence-corrected chi connectivity index (χ1v) is 50.2. The zero-order valence-electron chi connectivity index (χ0n) is 68.9. The number of ketones is 2. The molecule has 2 saturated heterocycles. The van der Waals surface area contributed by atoms with Gasteiger partial charge in [-0.25, -0.2) is 0 Å². The molecule has 118 heavy (non-hydrogen) atoms. The van der Waals surface area contributed by atoms with Crippen LogP contribution in [0.25, 0.3) is 0 Å². The zero-order valence-corrected chi connectivity index (χ0v) is 75.5. The van der Waals surface area contributed by atoms with Gasteiger partial charge in [-0.15, -0.1) is 24.0 Å². The molecule has 0 aromatic heterocycles. The summed E-state index contributed by atoms with van der Waals surface area (Å²) >= 11 is 4.24. The average molecular weight is 1950 g/mol. The van der Waals surface area contributed by atoms with E-state index < -0.39 is 24.1 Å². The molecule has 0 bridgehead atoms. The molecule has 2 aliphatic heterocycles. The number of esters is 1. The van der Waals surface area contributed by atoms with Crippen LogP contribution in [0.4, 0.5) is 0 Å². The van der Waals surface area contributed by atoms with Crippen molar-refractivity contribution in [2.75, 3.05) is 26.4 Å². The van der Waals surface area contributed by atoms with Crippen LogP contribution < -0.4 is 0 Å². The summed E-state index contributed by atoms with van der Waals surface area (Å²) in [5.41, 5.74) is 18.8. The molecule has 10 fully saturated rings. The fourth-order valence-electron chi connectivity index (χ4n) is 28.9. The Morgan fingerprint density at radius 2 is 0.856 bits per heavy atom. The van der Waals surface area contributed by atoms with Crippen molar-refractivity contribution in [2.24, 2.45) is 86.3 Å². The van der Waals surface area contributed by atoms with Crippen LogP contribution in [0.3, 0.4) is 0 Å². The van der Waals surface area contributed by atoms with E-state index in [1.165, 1.54) is 128 Å². The van der Waals surface area contributed by atoms with Crippen molar-refractivity contribution >= 4 is 78.7 Å². The number of aliphatic hydroxyl groups is 2. The van der Waals surface area contributed by atoms with Crippen LogP contribution >= 0.6 is 61.2 Å². The van der Waals surface area contributed by atoms with Gasteiger partial charge in [-0.1, -0.05) is 160 Å². The summed E-state index contributed by atoms with van der Waals surface area (Å²) in [5, 5.41) is 40.9. The minimum absolute atomic E-state index is 0. The van der Waals surface area contributed by atoms with Gasteiger partial charge in [0.2, 0.25) is 0 Å². The molecule has 22 rings (SSSR count). The lowest BCUT2D eigenvalue weighted by Gasteiger charge is -2.52. The van der Waals surface area contributed by atoms with E-state index in [1.807, 2.05) is 30.3 Å². The number of ether oxygens (including phenoxy) is 5. The fourth-order valence-corrected chi connectivity index (χ4v) is 28.9. The van der Waals surface area contributed by atoms with Crippen LogP contribution in [0.15, 0.2) is 115 Å². The van der Waals surface area contributed by atoms with Crippen LogP contribution in [-0.4, -0.2) is 94.3 Å². The Balaban J connectivity index is 0.000000134. The topological polar surface area (TPSA) is 178 Å². The summed E-state index contributed by atoms with van der Waals surface area (Å²) in [5.74, 6) is 9.17. The third-order valence-corrected chi connectivity index (χ3v) is 34.4. The van der Waals surface area contributed by atoms with Crippen molar-refractivity contribution in [2.45, 2.75) is 306 Å². The molecule has 4 N–H and O–H groups in total. The molecule has 5 aromatic carbocycles. The van der Waals surface area contributed by atoms with Crippen LogP contribution in [-0.2, 0) is 70.2 Å². The number of hydrogen-bond acceptors (Lipinski definition) is 12. The van der Waals surface area contributed by atoms with Crippen molar-refractivity contribution in [1.29, 1.82) is 0 Å². The molecular weight excluding hydrogens is 1810 g/mol. The number of carbonyl (C=O) groups excluding carboxylic acids is 3. The van der Waals surface area contributed by atoms with Crippen molar-refractivity contribution in [3.8, 4) is 11.5 Å². The number of aliphatic hydroxyl groups excluding tert-OH is 2. The van der Waals surface area contributed by atoms with Crippen LogP contribution in [0.1, 0.15) is 295 Å². The standard InChI is InChI=1S/C21H28O4.C21H28O2.C20H24O3.C19H22O.C18H22O2.4CH4.I2.HI/c1-11-4-6-14-13(10-11)5-7-16-15(14)8-9-21(3)17(16)18(23)19(24)20(21)25-12(2)22;1-14-3-5-16-15(13-14)4-6-18-17(16)7-9-20(2)19(18)8-10-21(20)22-11-12-23-21;1-19-8-6-16-15-5-3-14(21)12-13(15)2-4-17(16)18(19)7-9-20(19)22-10-11-23-20;1-12-3-5-14-13(11-12)4-6-16-15(14)9-10-19(2)17(16)7-8-18(19)20;1-18-9-8-14-13-5-3-12(19)10-11(13)2-4-15(14)16(18)6-7-17(18)20;;;;;1-2;/h4,6,10,15-20,23-24H,5,7-9H2,1-3H3;3,5,13,17-19H,4,6-12H2,1-2H3;3,5,7,9,12,16-18,21H,2,4,6,8,10-11H2,1H3;3,5,7-8,11,15-17H,4,6,9-10H2,1-2H3;3,5,10,14-16,19H,2,4,6-9H2,1H3;4*1H4;;1H/t15?,16?,17?,18-,19-,20+,21+;17?,18?,19?,20-;16?,17?,18?,19-;15?,16?,17?,19-;14?,15?,16?,18-;;;;;;/m10000....../s1. The maximum Gasteiger partial charge on any atom is 0.303 e. The lowest BCUT2D eigenvalue weighted by atomic mass is 9.54. The Hall–Kier alpha value is -4.06. The van der Waals surface area contributed by atoms with E-state index in [-0.39, 0.29) is 98.4 Å². The van der Waals surface area contributed by atoms with Crippen molar-refractivity contribution in [1.82, 2.24) is 0 Å². The second kappa shape index (κ2) is 36.1. The highest BCUT2D eigenvalue weighted by molar-refractivity contribution is 15.0. The summed E-state index contributed by atoms with van der Waals surface area (Å²) in [4.78, 5) is 36.0. The molecule has 646 valence electrons. The normalized spacial score (nSPS) is 37.8. The molecule has 12 nitrogen and oxygen atoms in total. The first-order valence-electron chi connectivity index (χ1n) is 43.9. The van der Waals surface area contributed by atoms with Gasteiger partial charge < -0.3 is 44.1 Å². The second-order valence-electron chi connectivity index (χ2n) is 39.5. The molecule has 15 aliphatic carbocycles. The minimum atomic E-state index is -0.989. The van der Waals surface area contributed by atoms with E-state index in [2.05, 4.69) is 178 Å². The number of rotatable bonds is 1. The molecule has 8 saturated carbocycles. The van der Waals surface area contributed by atoms with E-state index in [4.69, 9.17) is 23.7 Å². The molecule has 15 heteroatoms. The number of phenolic OH excluding ortho intramolecular Hbond substituents is 2. The van der Waals surface area contributed by atoms with E-state index in [9.17, 15) is 34.8 Å². The predicted molar refractivity (Wildman–Crippen MR) is 501 cm³/mol. The molecule has 0 radical (unpaired) electrons. The summed E-state index contributed by atoms with van der Waals surface area (Å²) in [6.45, 7) is 22.3. The summed E-state index contributed by atoms with van der Waals surface area (Å²) in [7, 11) is 0. The second-order valence-corrected chi connectivity index (χ2v) is 39.5. The Bertz CT molecular complexity index is 4510. The molecule has 23 atom stereocenters. The highest BCUT2D eigenvalue weighted by Crippen LogP contribution is 2.69. The molecule has 15 unspecified atom stereocenters. The molecule has 17 aliphatic rings. The quantitative estimate of drug-likeness (QED) is 0.0710. The number of Topliss-reactive ketones (excluding diaryl/α,β-unsaturated/α-hetero) is 1. The summed E-state index contributed by atoms with van der Waals surface area (Å²) in [6, 6.07) is 32.7. The number of aromatic hydroxyl groups is 2. The van der Waals surface area contributed by atoms with Crippen LogP contribution in [0.5, 0.6) is 11.5 Å². The number of halogens is 3. The lowest BCUT2D eigenvalue weighted by molar-refractivity contribution is -0.237. The third kappa shape index (κ3) is 15.5. The van der Waals surface area contributed by atoms with Crippen LogP contribution in [0.2, 0.25) is 0 Å². The number of allylic oxidation sites excluding steroid dienone is 3. The highest BCUT2D eigenvalue weighted by Gasteiger charge is 2.68. The van der Waals surface area contributed by atoms with Gasteiger partial charge in [-0.2, -0.15) is 0 Å². The number of aryl methyl sites for hydroxylation is 8. The van der Waals surface area contributed by atoms with Gasteiger partial charge in [0.25, 0.3) is 0 Å². The van der Waals surface area contributed by atoms with Gasteiger partial charge in [0.15, 0.2) is 17.4 Å². The smallest absolute Gasteiger partial charge is 0.303 e. The summed E-state index contributed by atoms with van der Waals surface area (Å²) in [6.07, 6.45) is 33.4. The first kappa shape index (κ1) is 93.1. The Kier molecular flexibility index (Phi) is 28.5. The minimum Gasteiger partial charge on any atom is -0.508 e. The first-order chi connectivity index (χ1) is 54.3. The number of phenols is 2. The van der Waals surface area contributed by atoms with Gasteiger partial charge >= 0.3 is 5.97 Å². The fraction of sp³-hybridized carbons (Fsp3) is 0.641.